The Morgan fingerprint density at radius 1 is 1.12 bits per heavy atom. The summed E-state index contributed by atoms with van der Waals surface area (Å²) >= 11 is 0. The van der Waals surface area contributed by atoms with Gasteiger partial charge in [-0.25, -0.2) is 0 Å². The predicted octanol–water partition coefficient (Wildman–Crippen LogP) is 2.86. The van der Waals surface area contributed by atoms with Crippen molar-refractivity contribution in [2.24, 2.45) is 0 Å². The number of nitrogens with two attached hydrogens (primary N) is 1. The van der Waals surface area contributed by atoms with E-state index >= 15 is 0 Å². The van der Waals surface area contributed by atoms with Crippen molar-refractivity contribution in [3.63, 3.8) is 0 Å². The second-order valence-electron chi connectivity index (χ2n) is 4.00. The van der Waals surface area contributed by atoms with Crippen molar-refractivity contribution >= 4 is 5.69 Å². The van der Waals surface area contributed by atoms with Gasteiger partial charge in [-0.2, -0.15) is 0 Å². The van der Waals surface area contributed by atoms with Crippen LogP contribution >= 0.6 is 0 Å². The summed E-state index contributed by atoms with van der Waals surface area (Å²) < 4.78 is 5.61. The standard InChI is InChI=1S/C14H15NO2/c1-10-2-7-14(13(15)8-10)17-9-11-3-5-12(16)6-4-11/h2-8,16H,9,15H2,1H3. The highest BCUT2D eigenvalue weighted by atomic mass is 16.5. The van der Waals surface area contributed by atoms with Crippen molar-refractivity contribution in [3.05, 3.63) is 53.6 Å². The molecule has 17 heavy (non-hydrogen) atoms. The van der Waals surface area contributed by atoms with Crippen LogP contribution in [0.15, 0.2) is 42.5 Å². The fourth-order valence-corrected chi connectivity index (χ4v) is 1.55. The zero-order valence-corrected chi connectivity index (χ0v) is 9.68. The number of ether oxygens (including phenoxy) is 1. The normalized spacial score (nSPS) is 10.2. The zero-order chi connectivity index (χ0) is 12.3. The highest BCUT2D eigenvalue weighted by Crippen LogP contribution is 2.23. The average molecular weight is 229 g/mol. The lowest BCUT2D eigenvalue weighted by Crippen LogP contribution is -1.98. The number of nitrogen functional groups attached to an aromatic ring is 1. The van der Waals surface area contributed by atoms with Gasteiger partial charge < -0.3 is 15.6 Å². The molecule has 0 fully saturated rings. The predicted molar refractivity (Wildman–Crippen MR) is 68.0 cm³/mol. The highest BCUT2D eigenvalue weighted by molar-refractivity contribution is 5.54. The third-order valence-electron chi connectivity index (χ3n) is 2.50. The van der Waals surface area contributed by atoms with E-state index in [4.69, 9.17) is 15.6 Å². The number of aryl methyl sites for hydroxylation is 1. The molecule has 2 aromatic carbocycles. The van der Waals surface area contributed by atoms with Crippen LogP contribution in [-0.2, 0) is 6.61 Å². The monoisotopic (exact) mass is 229 g/mol. The molecule has 0 spiro atoms. The number of hydrogen-bond acceptors (Lipinski definition) is 3. The second-order valence-corrected chi connectivity index (χ2v) is 4.00. The van der Waals surface area contributed by atoms with Crippen molar-refractivity contribution in [3.8, 4) is 11.5 Å². The molecule has 0 saturated carbocycles. The lowest BCUT2D eigenvalue weighted by molar-refractivity contribution is 0.307. The molecular formula is C14H15NO2. The Morgan fingerprint density at radius 3 is 2.47 bits per heavy atom. The van der Waals surface area contributed by atoms with Crippen molar-refractivity contribution in [1.29, 1.82) is 0 Å². The van der Waals surface area contributed by atoms with Crippen LogP contribution in [0.1, 0.15) is 11.1 Å². The number of benzene rings is 2. The van der Waals surface area contributed by atoms with E-state index in [1.165, 1.54) is 0 Å². The maximum Gasteiger partial charge on any atom is 0.142 e. The van der Waals surface area contributed by atoms with Crippen molar-refractivity contribution in [2.75, 3.05) is 5.73 Å². The molecule has 0 amide bonds. The molecule has 0 bridgehead atoms. The number of rotatable bonds is 3. The third-order valence-corrected chi connectivity index (χ3v) is 2.50. The van der Waals surface area contributed by atoms with Gasteiger partial charge >= 0.3 is 0 Å². The van der Waals surface area contributed by atoms with Crippen LogP contribution in [0.25, 0.3) is 0 Å². The summed E-state index contributed by atoms with van der Waals surface area (Å²) in [5.74, 6) is 0.937. The van der Waals surface area contributed by atoms with Crippen molar-refractivity contribution < 1.29 is 9.84 Å². The molecule has 0 aliphatic rings. The second kappa shape index (κ2) is 4.78. The van der Waals surface area contributed by atoms with Gasteiger partial charge in [0.1, 0.15) is 18.1 Å². The summed E-state index contributed by atoms with van der Waals surface area (Å²) in [6.45, 7) is 2.42. The van der Waals surface area contributed by atoms with E-state index in [1.807, 2.05) is 37.3 Å². The smallest absolute Gasteiger partial charge is 0.142 e. The van der Waals surface area contributed by atoms with Gasteiger partial charge in [0, 0.05) is 0 Å². The van der Waals surface area contributed by atoms with E-state index < -0.39 is 0 Å². The molecule has 3 N–H and O–H groups in total. The molecular weight excluding hydrogens is 214 g/mol. The van der Waals surface area contributed by atoms with Crippen LogP contribution in [0, 0.1) is 6.92 Å². The van der Waals surface area contributed by atoms with Crippen LogP contribution in [0.3, 0.4) is 0 Å². The first kappa shape index (κ1) is 11.3. The van der Waals surface area contributed by atoms with Crippen LogP contribution in [0.2, 0.25) is 0 Å². The van der Waals surface area contributed by atoms with Crippen molar-refractivity contribution in [1.82, 2.24) is 0 Å². The summed E-state index contributed by atoms with van der Waals surface area (Å²) in [5.41, 5.74) is 8.59. The number of phenols is 1. The van der Waals surface area contributed by atoms with Gasteiger partial charge in [0.15, 0.2) is 0 Å². The Hall–Kier alpha value is -2.16. The Morgan fingerprint density at radius 2 is 1.82 bits per heavy atom. The van der Waals surface area contributed by atoms with E-state index in [-0.39, 0.29) is 5.75 Å². The molecule has 3 nitrogen and oxygen atoms in total. The number of hydrogen-bond donors (Lipinski definition) is 2. The quantitative estimate of drug-likeness (QED) is 0.796. The molecule has 2 aromatic rings. The summed E-state index contributed by atoms with van der Waals surface area (Å²) in [7, 11) is 0. The molecule has 0 unspecified atom stereocenters. The average Bonchev–Trinajstić information content (AvgIpc) is 2.30. The molecule has 2 rings (SSSR count). The fourth-order valence-electron chi connectivity index (χ4n) is 1.55. The number of phenolic OH excluding ortho intramolecular Hbond substituents is 1. The SMILES string of the molecule is Cc1ccc(OCc2ccc(O)cc2)c(N)c1. The largest absolute Gasteiger partial charge is 0.508 e. The Kier molecular flexibility index (Phi) is 3.19. The van der Waals surface area contributed by atoms with Gasteiger partial charge in [-0.05, 0) is 42.3 Å². The maximum absolute atomic E-state index is 9.16. The van der Waals surface area contributed by atoms with Crippen molar-refractivity contribution in [2.45, 2.75) is 13.5 Å². The maximum atomic E-state index is 9.16. The highest BCUT2D eigenvalue weighted by Gasteiger charge is 2.01. The first-order valence-electron chi connectivity index (χ1n) is 5.42. The fraction of sp³-hybridized carbons (Fsp3) is 0.143. The summed E-state index contributed by atoms with van der Waals surface area (Å²) in [5, 5.41) is 9.16. The minimum Gasteiger partial charge on any atom is -0.508 e. The van der Waals surface area contributed by atoms with E-state index in [0.717, 1.165) is 11.1 Å². The minimum atomic E-state index is 0.253. The molecule has 0 heterocycles. The number of anilines is 1. The molecule has 0 aromatic heterocycles. The third kappa shape index (κ3) is 2.91. The molecule has 88 valence electrons. The van der Waals surface area contributed by atoms with Gasteiger partial charge in [-0.3, -0.25) is 0 Å². The lowest BCUT2D eigenvalue weighted by atomic mass is 10.2. The van der Waals surface area contributed by atoms with Gasteiger partial charge in [0.25, 0.3) is 0 Å². The van der Waals surface area contributed by atoms with Gasteiger partial charge in [-0.15, -0.1) is 0 Å². The number of aromatic hydroxyl groups is 1. The van der Waals surface area contributed by atoms with Gasteiger partial charge in [0.05, 0.1) is 5.69 Å². The van der Waals surface area contributed by atoms with Crippen LogP contribution in [0.4, 0.5) is 5.69 Å². The summed E-state index contributed by atoms with van der Waals surface area (Å²) in [6, 6.07) is 12.6. The minimum absolute atomic E-state index is 0.253. The zero-order valence-electron chi connectivity index (χ0n) is 9.68. The lowest BCUT2D eigenvalue weighted by Gasteiger charge is -2.09. The van der Waals surface area contributed by atoms with Crippen LogP contribution in [0.5, 0.6) is 11.5 Å². The van der Waals surface area contributed by atoms with E-state index in [9.17, 15) is 0 Å². The molecule has 0 aliphatic carbocycles. The molecule has 0 aliphatic heterocycles. The summed E-state index contributed by atoms with van der Waals surface area (Å²) in [4.78, 5) is 0. The molecule has 0 saturated heterocycles. The Balaban J connectivity index is 2.04. The van der Waals surface area contributed by atoms with E-state index in [1.54, 1.807) is 12.1 Å². The first-order valence-corrected chi connectivity index (χ1v) is 5.42. The van der Waals surface area contributed by atoms with Gasteiger partial charge in [-0.1, -0.05) is 18.2 Å². The molecule has 3 heteroatoms. The molecule has 0 atom stereocenters. The van der Waals surface area contributed by atoms with Crippen LogP contribution < -0.4 is 10.5 Å². The first-order chi connectivity index (χ1) is 8.15. The summed E-state index contributed by atoms with van der Waals surface area (Å²) in [6.07, 6.45) is 0. The Labute approximate surface area is 100 Å². The van der Waals surface area contributed by atoms with E-state index in [2.05, 4.69) is 0 Å². The van der Waals surface area contributed by atoms with Gasteiger partial charge in [0.2, 0.25) is 0 Å². The topological polar surface area (TPSA) is 55.5 Å². The van der Waals surface area contributed by atoms with E-state index in [0.29, 0.717) is 18.0 Å². The molecule has 0 radical (unpaired) electrons. The Bertz CT molecular complexity index is 506. The van der Waals surface area contributed by atoms with Crippen LogP contribution in [-0.4, -0.2) is 5.11 Å².